The lowest BCUT2D eigenvalue weighted by atomic mass is 10.00. The molecule has 4 heteroatoms. The minimum absolute atomic E-state index is 0.298. The molecule has 1 N–H and O–H groups in total. The predicted octanol–water partition coefficient (Wildman–Crippen LogP) is 3.63. The number of nitrogens with zero attached hydrogens (tertiary/aromatic N) is 2. The van der Waals surface area contributed by atoms with Crippen molar-refractivity contribution in [3.8, 4) is 5.75 Å². The molecule has 0 amide bonds. The maximum absolute atomic E-state index is 5.58. The van der Waals surface area contributed by atoms with Crippen LogP contribution in [-0.2, 0) is 6.54 Å². The summed E-state index contributed by atoms with van der Waals surface area (Å²) < 4.78 is 7.66. The zero-order chi connectivity index (χ0) is 15.8. The first kappa shape index (κ1) is 16.3. The van der Waals surface area contributed by atoms with Crippen LogP contribution in [0.4, 0.5) is 0 Å². The molecule has 1 heterocycles. The molecule has 1 aliphatic rings. The lowest BCUT2D eigenvalue weighted by molar-refractivity contribution is 0.353. The van der Waals surface area contributed by atoms with Crippen LogP contribution in [0.5, 0.6) is 5.75 Å². The van der Waals surface area contributed by atoms with Gasteiger partial charge in [-0.05, 0) is 36.6 Å². The van der Waals surface area contributed by atoms with E-state index in [1.807, 2.05) is 6.20 Å². The van der Waals surface area contributed by atoms with Gasteiger partial charge in [-0.2, -0.15) is 5.10 Å². The van der Waals surface area contributed by atoms with Crippen molar-refractivity contribution in [3.63, 3.8) is 0 Å². The Labute approximate surface area is 129 Å². The SMILES string of the molecule is CCCNC(c1c(OC)cnn1CC)C1C(C)(C)C1(C)C. The van der Waals surface area contributed by atoms with Crippen molar-refractivity contribution < 1.29 is 4.74 Å². The molecule has 0 spiro atoms. The highest BCUT2D eigenvalue weighted by atomic mass is 16.5. The van der Waals surface area contributed by atoms with Crippen LogP contribution in [0.1, 0.15) is 59.7 Å². The number of hydrogen-bond donors (Lipinski definition) is 1. The monoisotopic (exact) mass is 293 g/mol. The third-order valence-electron chi connectivity index (χ3n) is 5.74. The molecule has 1 aromatic rings. The van der Waals surface area contributed by atoms with Crippen LogP contribution in [-0.4, -0.2) is 23.4 Å². The van der Waals surface area contributed by atoms with Gasteiger partial charge in [0.1, 0.15) is 0 Å². The van der Waals surface area contributed by atoms with Gasteiger partial charge < -0.3 is 10.1 Å². The molecule has 1 atom stereocenters. The first-order valence-electron chi connectivity index (χ1n) is 8.15. The van der Waals surface area contributed by atoms with Gasteiger partial charge in [0, 0.05) is 6.54 Å². The summed E-state index contributed by atoms with van der Waals surface area (Å²) in [6.45, 7) is 15.7. The average molecular weight is 293 g/mol. The fourth-order valence-electron chi connectivity index (χ4n) is 3.85. The molecule has 1 saturated carbocycles. The number of hydrogen-bond acceptors (Lipinski definition) is 3. The van der Waals surface area contributed by atoms with E-state index in [4.69, 9.17) is 4.74 Å². The lowest BCUT2D eigenvalue weighted by Crippen LogP contribution is -2.29. The minimum Gasteiger partial charge on any atom is -0.493 e. The van der Waals surface area contributed by atoms with Crippen LogP contribution in [0.25, 0.3) is 0 Å². The number of rotatable bonds is 7. The highest BCUT2D eigenvalue weighted by molar-refractivity contribution is 5.33. The van der Waals surface area contributed by atoms with Crippen LogP contribution in [0.15, 0.2) is 6.20 Å². The van der Waals surface area contributed by atoms with Crippen molar-refractivity contribution in [1.82, 2.24) is 15.1 Å². The van der Waals surface area contributed by atoms with Gasteiger partial charge in [0.2, 0.25) is 0 Å². The summed E-state index contributed by atoms with van der Waals surface area (Å²) in [6.07, 6.45) is 2.98. The average Bonchev–Trinajstić information content (AvgIpc) is 2.78. The third-order valence-corrected chi connectivity index (χ3v) is 5.74. The number of aromatic nitrogens is 2. The third kappa shape index (κ3) is 2.48. The number of methoxy groups -OCH3 is 1. The van der Waals surface area contributed by atoms with Crippen LogP contribution >= 0.6 is 0 Å². The van der Waals surface area contributed by atoms with Crippen molar-refractivity contribution in [1.29, 1.82) is 0 Å². The second-order valence-corrected chi connectivity index (χ2v) is 7.27. The van der Waals surface area contributed by atoms with Gasteiger partial charge in [-0.1, -0.05) is 34.6 Å². The maximum atomic E-state index is 5.58. The molecule has 4 nitrogen and oxygen atoms in total. The molecule has 0 saturated heterocycles. The summed E-state index contributed by atoms with van der Waals surface area (Å²) in [7, 11) is 1.74. The number of ether oxygens (including phenoxy) is 1. The Bertz CT molecular complexity index is 455. The van der Waals surface area contributed by atoms with E-state index in [2.05, 4.69) is 56.6 Å². The fourth-order valence-corrected chi connectivity index (χ4v) is 3.85. The summed E-state index contributed by atoms with van der Waals surface area (Å²) in [5.74, 6) is 1.50. The van der Waals surface area contributed by atoms with E-state index in [1.165, 1.54) is 5.69 Å². The molecule has 0 aliphatic heterocycles. The number of aryl methyl sites for hydroxylation is 1. The van der Waals surface area contributed by atoms with Crippen LogP contribution in [0.2, 0.25) is 0 Å². The molecule has 0 bridgehead atoms. The topological polar surface area (TPSA) is 39.1 Å². The van der Waals surface area contributed by atoms with Gasteiger partial charge >= 0.3 is 0 Å². The standard InChI is InChI=1S/C17H31N3O/c1-8-10-18-13(15-16(3,4)17(15,5)6)14-12(21-7)11-19-20(14)9-2/h11,13,15,18H,8-10H2,1-7H3. The molecule has 0 radical (unpaired) electrons. The molecule has 1 unspecified atom stereocenters. The second kappa shape index (κ2) is 5.64. The number of nitrogens with one attached hydrogen (secondary N) is 1. The first-order valence-corrected chi connectivity index (χ1v) is 8.15. The molecule has 1 fully saturated rings. The molecule has 0 aromatic carbocycles. The van der Waals surface area contributed by atoms with E-state index in [9.17, 15) is 0 Å². The van der Waals surface area contributed by atoms with Gasteiger partial charge in [0.05, 0.1) is 25.0 Å². The van der Waals surface area contributed by atoms with Gasteiger partial charge in [0.15, 0.2) is 5.75 Å². The van der Waals surface area contributed by atoms with Crippen LogP contribution in [0, 0.1) is 16.7 Å². The minimum atomic E-state index is 0.298. The van der Waals surface area contributed by atoms with Crippen molar-refractivity contribution in [2.75, 3.05) is 13.7 Å². The van der Waals surface area contributed by atoms with E-state index in [0.717, 1.165) is 25.3 Å². The van der Waals surface area contributed by atoms with E-state index in [0.29, 0.717) is 22.8 Å². The Morgan fingerprint density at radius 2 is 1.90 bits per heavy atom. The summed E-state index contributed by atoms with van der Waals surface area (Å²) >= 11 is 0. The Morgan fingerprint density at radius 1 is 1.29 bits per heavy atom. The van der Waals surface area contributed by atoms with Gasteiger partial charge in [-0.25, -0.2) is 0 Å². The smallest absolute Gasteiger partial charge is 0.161 e. The molecule has 21 heavy (non-hydrogen) atoms. The van der Waals surface area contributed by atoms with Crippen LogP contribution in [0.3, 0.4) is 0 Å². The fraction of sp³-hybridized carbons (Fsp3) is 0.824. The highest BCUT2D eigenvalue weighted by Crippen LogP contribution is 2.72. The molecular weight excluding hydrogens is 262 g/mol. The van der Waals surface area contributed by atoms with E-state index in [-0.39, 0.29) is 0 Å². The van der Waals surface area contributed by atoms with Gasteiger partial charge in [0.25, 0.3) is 0 Å². The molecule has 2 rings (SSSR count). The lowest BCUT2D eigenvalue weighted by Gasteiger charge is -2.23. The molecule has 1 aliphatic carbocycles. The van der Waals surface area contributed by atoms with E-state index >= 15 is 0 Å². The zero-order valence-electron chi connectivity index (χ0n) is 14.7. The largest absolute Gasteiger partial charge is 0.493 e. The van der Waals surface area contributed by atoms with Crippen molar-refractivity contribution in [3.05, 3.63) is 11.9 Å². The first-order chi connectivity index (χ1) is 9.82. The zero-order valence-corrected chi connectivity index (χ0v) is 14.7. The summed E-state index contributed by atoms with van der Waals surface area (Å²) in [5.41, 5.74) is 1.86. The maximum Gasteiger partial charge on any atom is 0.161 e. The normalized spacial score (nSPS) is 21.3. The molecular formula is C17H31N3O. The van der Waals surface area contributed by atoms with E-state index in [1.54, 1.807) is 7.11 Å². The van der Waals surface area contributed by atoms with Gasteiger partial charge in [-0.3, -0.25) is 4.68 Å². The quantitative estimate of drug-likeness (QED) is 0.834. The molecule has 1 aromatic heterocycles. The van der Waals surface area contributed by atoms with Crippen molar-refractivity contribution in [2.24, 2.45) is 16.7 Å². The Morgan fingerprint density at radius 3 is 2.33 bits per heavy atom. The predicted molar refractivity (Wildman–Crippen MR) is 86.5 cm³/mol. The molecule has 120 valence electrons. The van der Waals surface area contributed by atoms with Crippen molar-refractivity contribution >= 4 is 0 Å². The summed E-state index contributed by atoms with van der Waals surface area (Å²) in [4.78, 5) is 0. The van der Waals surface area contributed by atoms with E-state index < -0.39 is 0 Å². The second-order valence-electron chi connectivity index (χ2n) is 7.27. The van der Waals surface area contributed by atoms with Crippen molar-refractivity contribution in [2.45, 2.75) is 60.5 Å². The summed E-state index contributed by atoms with van der Waals surface area (Å²) in [6, 6.07) is 0.298. The Hall–Kier alpha value is -1.03. The Kier molecular flexibility index (Phi) is 4.39. The van der Waals surface area contributed by atoms with Gasteiger partial charge in [-0.15, -0.1) is 0 Å². The Balaban J connectivity index is 2.40. The van der Waals surface area contributed by atoms with Crippen LogP contribution < -0.4 is 10.1 Å². The highest BCUT2D eigenvalue weighted by Gasteiger charge is 2.67. The summed E-state index contributed by atoms with van der Waals surface area (Å²) in [5, 5.41) is 8.25.